The molecule has 2 unspecified atom stereocenters. The van der Waals surface area contributed by atoms with Crippen LogP contribution in [0.3, 0.4) is 0 Å². The van der Waals surface area contributed by atoms with Gasteiger partial charge in [-0.1, -0.05) is 0 Å². The van der Waals surface area contributed by atoms with Crippen molar-refractivity contribution in [1.82, 2.24) is 10.2 Å². The molecule has 1 aliphatic rings. The summed E-state index contributed by atoms with van der Waals surface area (Å²) in [7, 11) is 0. The normalized spacial score (nSPS) is 24.5. The van der Waals surface area contributed by atoms with Crippen LogP contribution < -0.4 is 11.1 Å². The molecule has 1 fully saturated rings. The Hall–Kier alpha value is -0.950. The van der Waals surface area contributed by atoms with Gasteiger partial charge in [0.25, 0.3) is 0 Å². The van der Waals surface area contributed by atoms with E-state index in [4.69, 9.17) is 10.8 Å². The summed E-state index contributed by atoms with van der Waals surface area (Å²) in [6.45, 7) is 2.82. The van der Waals surface area contributed by atoms with E-state index >= 15 is 0 Å². The first-order valence-electron chi connectivity index (χ1n) is 5.18. The summed E-state index contributed by atoms with van der Waals surface area (Å²) in [6.07, 6.45) is 0.693. The molecule has 7 heteroatoms. The maximum atomic E-state index is 11.7. The van der Waals surface area contributed by atoms with E-state index in [9.17, 15) is 9.59 Å². The van der Waals surface area contributed by atoms with Crippen LogP contribution >= 0.6 is 11.8 Å². The van der Waals surface area contributed by atoms with Crippen molar-refractivity contribution in [3.05, 3.63) is 0 Å². The SMILES string of the molecule is CC1SCC(C(=O)O)N1C(=O)NCCCN. The van der Waals surface area contributed by atoms with Crippen molar-refractivity contribution < 1.29 is 14.7 Å². The van der Waals surface area contributed by atoms with Gasteiger partial charge in [0.15, 0.2) is 0 Å². The molecule has 0 aromatic rings. The van der Waals surface area contributed by atoms with Crippen molar-refractivity contribution in [3.63, 3.8) is 0 Å². The third-order valence-corrected chi connectivity index (χ3v) is 3.62. The summed E-state index contributed by atoms with van der Waals surface area (Å²) in [5.41, 5.74) is 5.31. The third-order valence-electron chi connectivity index (χ3n) is 2.40. The molecule has 1 aliphatic heterocycles. The van der Waals surface area contributed by atoms with E-state index in [-0.39, 0.29) is 11.4 Å². The number of thioether (sulfide) groups is 1. The van der Waals surface area contributed by atoms with Crippen molar-refractivity contribution >= 4 is 23.8 Å². The predicted molar refractivity (Wildman–Crippen MR) is 62.3 cm³/mol. The molecule has 6 nitrogen and oxygen atoms in total. The Morgan fingerprint density at radius 1 is 1.62 bits per heavy atom. The van der Waals surface area contributed by atoms with Crippen LogP contribution in [0.1, 0.15) is 13.3 Å². The van der Waals surface area contributed by atoms with Gasteiger partial charge in [-0.25, -0.2) is 9.59 Å². The molecule has 1 heterocycles. The number of hydrogen-bond donors (Lipinski definition) is 3. The number of amides is 2. The molecule has 2 atom stereocenters. The summed E-state index contributed by atoms with van der Waals surface area (Å²) >= 11 is 1.47. The Bertz CT molecular complexity index is 275. The van der Waals surface area contributed by atoms with Gasteiger partial charge >= 0.3 is 12.0 Å². The standard InChI is InChI=1S/C9H17N3O3S/c1-6-12(7(5-16-6)8(13)14)9(15)11-4-2-3-10/h6-7H,2-5,10H2,1H3,(H,11,15)(H,13,14). The second-order valence-corrected chi connectivity index (χ2v) is 4.92. The van der Waals surface area contributed by atoms with Crippen LogP contribution in [-0.4, -0.2) is 52.3 Å². The zero-order valence-electron chi connectivity index (χ0n) is 9.18. The van der Waals surface area contributed by atoms with Crippen LogP contribution in [0.15, 0.2) is 0 Å². The number of hydrogen-bond acceptors (Lipinski definition) is 4. The number of nitrogens with two attached hydrogens (primary N) is 1. The summed E-state index contributed by atoms with van der Waals surface area (Å²) in [5.74, 6) is -0.508. The van der Waals surface area contributed by atoms with Crippen molar-refractivity contribution in [2.45, 2.75) is 24.8 Å². The fourth-order valence-electron chi connectivity index (χ4n) is 1.53. The molecule has 4 N–H and O–H groups in total. The molecule has 0 saturated carbocycles. The highest BCUT2D eigenvalue weighted by atomic mass is 32.2. The van der Waals surface area contributed by atoms with Gasteiger partial charge in [0.1, 0.15) is 6.04 Å². The zero-order chi connectivity index (χ0) is 12.1. The Morgan fingerprint density at radius 2 is 2.31 bits per heavy atom. The number of nitrogens with one attached hydrogen (secondary N) is 1. The summed E-state index contributed by atoms with van der Waals surface area (Å²) in [6, 6.07) is -1.05. The molecule has 0 radical (unpaired) electrons. The summed E-state index contributed by atoms with van der Waals surface area (Å²) in [5, 5.41) is 11.5. The van der Waals surface area contributed by atoms with Crippen molar-refractivity contribution in [2.24, 2.45) is 5.73 Å². The second kappa shape index (κ2) is 5.95. The fraction of sp³-hybridized carbons (Fsp3) is 0.778. The predicted octanol–water partition coefficient (Wildman–Crippen LogP) is -0.107. The van der Waals surface area contributed by atoms with Crippen LogP contribution in [0.25, 0.3) is 0 Å². The number of urea groups is 1. The number of aliphatic carboxylic acids is 1. The molecular formula is C9H17N3O3S. The number of rotatable bonds is 4. The highest BCUT2D eigenvalue weighted by Crippen LogP contribution is 2.28. The maximum absolute atomic E-state index is 11.7. The number of carbonyl (C=O) groups excluding carboxylic acids is 1. The van der Waals surface area contributed by atoms with Crippen LogP contribution in [0.2, 0.25) is 0 Å². The van der Waals surface area contributed by atoms with Crippen LogP contribution in [0.4, 0.5) is 4.79 Å². The smallest absolute Gasteiger partial charge is 0.327 e. The lowest BCUT2D eigenvalue weighted by atomic mass is 10.3. The summed E-state index contributed by atoms with van der Waals surface area (Å²) < 4.78 is 0. The Labute approximate surface area is 98.5 Å². The van der Waals surface area contributed by atoms with E-state index in [1.165, 1.54) is 16.7 Å². The molecule has 16 heavy (non-hydrogen) atoms. The first-order valence-corrected chi connectivity index (χ1v) is 6.23. The highest BCUT2D eigenvalue weighted by molar-refractivity contribution is 8.00. The molecular weight excluding hydrogens is 230 g/mol. The molecule has 92 valence electrons. The molecule has 0 bridgehead atoms. The quantitative estimate of drug-likeness (QED) is 0.603. The Kier molecular flexibility index (Phi) is 4.88. The van der Waals surface area contributed by atoms with E-state index in [0.717, 1.165) is 0 Å². The molecule has 1 rings (SSSR count). The van der Waals surface area contributed by atoms with Gasteiger partial charge in [0.2, 0.25) is 0 Å². The van der Waals surface area contributed by atoms with Gasteiger partial charge in [0.05, 0.1) is 5.37 Å². The largest absolute Gasteiger partial charge is 0.480 e. The topological polar surface area (TPSA) is 95.7 Å². The lowest BCUT2D eigenvalue weighted by Gasteiger charge is -2.25. The lowest BCUT2D eigenvalue weighted by Crippen LogP contribution is -2.49. The van der Waals surface area contributed by atoms with E-state index in [0.29, 0.717) is 25.3 Å². The number of carboxylic acids is 1. The molecule has 0 aromatic heterocycles. The second-order valence-electron chi connectivity index (χ2n) is 3.57. The number of carbonyl (C=O) groups is 2. The molecule has 1 saturated heterocycles. The summed E-state index contributed by atoms with van der Waals surface area (Å²) in [4.78, 5) is 24.1. The lowest BCUT2D eigenvalue weighted by molar-refractivity contribution is -0.141. The molecule has 0 spiro atoms. The molecule has 0 aliphatic carbocycles. The zero-order valence-corrected chi connectivity index (χ0v) is 10.00. The first kappa shape index (κ1) is 13.1. The van der Waals surface area contributed by atoms with Gasteiger partial charge in [0, 0.05) is 12.3 Å². The van der Waals surface area contributed by atoms with Crippen molar-refractivity contribution in [1.29, 1.82) is 0 Å². The van der Waals surface area contributed by atoms with Gasteiger partial charge in [-0.3, -0.25) is 4.90 Å². The third kappa shape index (κ3) is 3.02. The molecule has 2 amide bonds. The Balaban J connectivity index is 2.54. The van der Waals surface area contributed by atoms with Gasteiger partial charge in [-0.2, -0.15) is 0 Å². The van der Waals surface area contributed by atoms with Crippen LogP contribution in [-0.2, 0) is 4.79 Å². The average Bonchev–Trinajstić information content (AvgIpc) is 2.60. The number of nitrogens with zero attached hydrogens (tertiary/aromatic N) is 1. The minimum atomic E-state index is -0.953. The van der Waals surface area contributed by atoms with E-state index in [2.05, 4.69) is 5.32 Å². The van der Waals surface area contributed by atoms with Crippen molar-refractivity contribution in [2.75, 3.05) is 18.8 Å². The average molecular weight is 247 g/mol. The fourth-order valence-corrected chi connectivity index (χ4v) is 2.70. The molecule has 0 aromatic carbocycles. The van der Waals surface area contributed by atoms with E-state index in [1.54, 1.807) is 0 Å². The number of carboxylic acid groups (broad SMARTS) is 1. The first-order chi connectivity index (χ1) is 7.57. The van der Waals surface area contributed by atoms with Crippen LogP contribution in [0.5, 0.6) is 0 Å². The highest BCUT2D eigenvalue weighted by Gasteiger charge is 2.39. The van der Waals surface area contributed by atoms with E-state index in [1.807, 2.05) is 6.92 Å². The minimum absolute atomic E-state index is 0.0982. The van der Waals surface area contributed by atoms with Gasteiger partial charge in [-0.15, -0.1) is 11.8 Å². The van der Waals surface area contributed by atoms with Crippen molar-refractivity contribution in [3.8, 4) is 0 Å². The van der Waals surface area contributed by atoms with Crippen LogP contribution in [0, 0.1) is 0 Å². The Morgan fingerprint density at radius 3 is 2.88 bits per heavy atom. The van der Waals surface area contributed by atoms with E-state index < -0.39 is 12.0 Å². The monoisotopic (exact) mass is 247 g/mol. The van der Waals surface area contributed by atoms with Gasteiger partial charge < -0.3 is 16.2 Å². The maximum Gasteiger partial charge on any atom is 0.327 e. The minimum Gasteiger partial charge on any atom is -0.480 e. The van der Waals surface area contributed by atoms with Gasteiger partial charge in [-0.05, 0) is 19.9 Å².